The number of nitrogens with one attached hydrogen (secondary N) is 1. The number of aliphatic hydroxyl groups excluding tert-OH is 1. The Kier molecular flexibility index (Phi) is 6.52. The van der Waals surface area contributed by atoms with Crippen LogP contribution in [0.5, 0.6) is 0 Å². The lowest BCUT2D eigenvalue weighted by Gasteiger charge is -2.20. The molecule has 0 bridgehead atoms. The summed E-state index contributed by atoms with van der Waals surface area (Å²) in [5, 5.41) is 11.9. The molecule has 1 heterocycles. The van der Waals surface area contributed by atoms with Crippen LogP contribution in [0.1, 0.15) is 12.7 Å². The summed E-state index contributed by atoms with van der Waals surface area (Å²) < 4.78 is 5.86. The zero-order valence-electron chi connectivity index (χ0n) is 10.2. The Bertz CT molecular complexity index is 415. The summed E-state index contributed by atoms with van der Waals surface area (Å²) in [6.07, 6.45) is 4.91. The molecule has 0 aliphatic carbocycles. The van der Waals surface area contributed by atoms with E-state index in [0.717, 1.165) is 0 Å². The minimum Gasteiger partial charge on any atom is -0.450 e. The fraction of sp³-hybridized carbons (Fsp3) is 0.417. The van der Waals surface area contributed by atoms with E-state index in [1.54, 1.807) is 18.2 Å². The van der Waals surface area contributed by atoms with E-state index in [9.17, 15) is 4.79 Å². The van der Waals surface area contributed by atoms with Gasteiger partial charge in [0.05, 0.1) is 6.61 Å². The molecule has 0 aliphatic heterocycles. The van der Waals surface area contributed by atoms with Gasteiger partial charge in [-0.15, -0.1) is 0 Å². The third-order valence-corrected chi connectivity index (χ3v) is 3.99. The molecule has 1 amide bonds. The summed E-state index contributed by atoms with van der Waals surface area (Å²) in [4.78, 5) is 11.6. The van der Waals surface area contributed by atoms with Gasteiger partial charge in [0, 0.05) is 17.4 Å². The minimum atomic E-state index is -0.206. The number of carbonyl (C=O) groups is 1. The number of aliphatic hydroxyl groups is 1. The Labute approximate surface area is 119 Å². The van der Waals surface area contributed by atoms with E-state index in [2.05, 4.69) is 21.2 Å². The van der Waals surface area contributed by atoms with Crippen molar-refractivity contribution in [3.05, 3.63) is 28.6 Å². The number of furan rings is 1. The normalized spacial score (nSPS) is 14.7. The summed E-state index contributed by atoms with van der Waals surface area (Å²) in [7, 11) is 0. The van der Waals surface area contributed by atoms with Gasteiger partial charge in [0.25, 0.3) is 0 Å². The third-order valence-electron chi connectivity index (χ3n) is 2.40. The first kappa shape index (κ1) is 15.3. The molecule has 6 heteroatoms. The summed E-state index contributed by atoms with van der Waals surface area (Å²) in [5.74, 6) is 0.399. The van der Waals surface area contributed by atoms with Crippen molar-refractivity contribution in [2.75, 3.05) is 12.9 Å². The molecule has 2 N–H and O–H groups in total. The highest BCUT2D eigenvalue weighted by molar-refractivity contribution is 9.10. The van der Waals surface area contributed by atoms with Gasteiger partial charge in [0.15, 0.2) is 4.67 Å². The van der Waals surface area contributed by atoms with Crippen LogP contribution in [0.2, 0.25) is 0 Å². The molecular weight excluding hydrogens is 318 g/mol. The van der Waals surface area contributed by atoms with Gasteiger partial charge in [-0.2, -0.15) is 11.8 Å². The molecule has 0 saturated heterocycles. The van der Waals surface area contributed by atoms with Gasteiger partial charge in [-0.25, -0.2) is 0 Å². The summed E-state index contributed by atoms with van der Waals surface area (Å²) in [6.45, 7) is 1.91. The first-order chi connectivity index (χ1) is 8.56. The smallest absolute Gasteiger partial charge is 0.244 e. The number of carbonyl (C=O) groups excluding carboxylic acids is 1. The van der Waals surface area contributed by atoms with Crippen LogP contribution in [-0.2, 0) is 4.79 Å². The molecule has 100 valence electrons. The summed E-state index contributed by atoms with van der Waals surface area (Å²) in [6, 6.07) is 3.43. The SMILES string of the molecule is CSC(CO)C(C)NC(=O)C=Cc1ccc(Br)o1. The van der Waals surface area contributed by atoms with Crippen LogP contribution >= 0.6 is 27.7 Å². The van der Waals surface area contributed by atoms with E-state index in [-0.39, 0.29) is 23.8 Å². The van der Waals surface area contributed by atoms with Gasteiger partial charge >= 0.3 is 0 Å². The molecule has 0 aromatic carbocycles. The molecule has 1 rings (SSSR count). The zero-order valence-corrected chi connectivity index (χ0v) is 12.6. The van der Waals surface area contributed by atoms with E-state index in [1.807, 2.05) is 13.2 Å². The second-order valence-electron chi connectivity index (χ2n) is 3.73. The Morgan fingerprint density at radius 2 is 2.39 bits per heavy atom. The highest BCUT2D eigenvalue weighted by Gasteiger charge is 2.16. The highest BCUT2D eigenvalue weighted by atomic mass is 79.9. The van der Waals surface area contributed by atoms with Crippen LogP contribution in [0.25, 0.3) is 6.08 Å². The first-order valence-corrected chi connectivity index (χ1v) is 7.52. The van der Waals surface area contributed by atoms with Gasteiger partial charge < -0.3 is 14.8 Å². The Morgan fingerprint density at radius 1 is 1.67 bits per heavy atom. The van der Waals surface area contributed by atoms with E-state index >= 15 is 0 Å². The fourth-order valence-corrected chi connectivity index (χ4v) is 2.32. The van der Waals surface area contributed by atoms with Gasteiger partial charge in [-0.3, -0.25) is 4.79 Å². The number of rotatable bonds is 6. The number of thioether (sulfide) groups is 1. The van der Waals surface area contributed by atoms with Crippen LogP contribution < -0.4 is 5.32 Å². The third kappa shape index (κ3) is 4.88. The van der Waals surface area contributed by atoms with Crippen molar-refractivity contribution < 1.29 is 14.3 Å². The van der Waals surface area contributed by atoms with Crippen LogP contribution in [0.15, 0.2) is 27.3 Å². The average molecular weight is 334 g/mol. The molecule has 0 aliphatic rings. The van der Waals surface area contributed by atoms with Crippen molar-refractivity contribution in [1.82, 2.24) is 5.32 Å². The van der Waals surface area contributed by atoms with Crippen molar-refractivity contribution in [3.8, 4) is 0 Å². The lowest BCUT2D eigenvalue weighted by molar-refractivity contribution is -0.117. The Balaban J connectivity index is 2.48. The van der Waals surface area contributed by atoms with Gasteiger partial charge in [-0.1, -0.05) is 0 Å². The van der Waals surface area contributed by atoms with Crippen molar-refractivity contribution in [3.63, 3.8) is 0 Å². The largest absolute Gasteiger partial charge is 0.450 e. The average Bonchev–Trinajstić information content (AvgIpc) is 2.74. The summed E-state index contributed by atoms with van der Waals surface area (Å²) in [5.41, 5.74) is 0. The van der Waals surface area contributed by atoms with Crippen molar-refractivity contribution in [2.45, 2.75) is 18.2 Å². The lowest BCUT2D eigenvalue weighted by atomic mass is 10.2. The van der Waals surface area contributed by atoms with Crippen LogP contribution in [0.3, 0.4) is 0 Å². The number of hydrogen-bond acceptors (Lipinski definition) is 4. The van der Waals surface area contributed by atoms with E-state index in [1.165, 1.54) is 17.8 Å². The molecule has 1 aromatic heterocycles. The van der Waals surface area contributed by atoms with Crippen LogP contribution in [-0.4, -0.2) is 35.2 Å². The minimum absolute atomic E-state index is 0.0000993. The molecular formula is C12H16BrNO3S. The predicted octanol–water partition coefficient (Wildman–Crippen LogP) is 2.28. The van der Waals surface area contributed by atoms with Crippen molar-refractivity contribution in [2.24, 2.45) is 0 Å². The van der Waals surface area contributed by atoms with E-state index in [0.29, 0.717) is 10.4 Å². The maximum Gasteiger partial charge on any atom is 0.244 e. The Hall–Kier alpha value is -0.720. The zero-order chi connectivity index (χ0) is 13.5. The van der Waals surface area contributed by atoms with Crippen LogP contribution in [0, 0.1) is 0 Å². The topological polar surface area (TPSA) is 62.5 Å². The summed E-state index contributed by atoms with van der Waals surface area (Å²) >= 11 is 4.71. The predicted molar refractivity (Wildman–Crippen MR) is 77.4 cm³/mol. The van der Waals surface area contributed by atoms with Gasteiger partial charge in [0.2, 0.25) is 5.91 Å². The molecule has 0 saturated carbocycles. The monoisotopic (exact) mass is 333 g/mol. The highest BCUT2D eigenvalue weighted by Crippen LogP contribution is 2.15. The maximum atomic E-state index is 11.6. The maximum absolute atomic E-state index is 11.6. The van der Waals surface area contributed by atoms with Crippen LogP contribution in [0.4, 0.5) is 0 Å². The second kappa shape index (κ2) is 7.66. The molecule has 4 nitrogen and oxygen atoms in total. The Morgan fingerprint density at radius 3 is 2.89 bits per heavy atom. The molecule has 2 unspecified atom stereocenters. The molecule has 0 spiro atoms. The van der Waals surface area contributed by atoms with E-state index < -0.39 is 0 Å². The number of halogens is 1. The molecule has 1 aromatic rings. The number of hydrogen-bond donors (Lipinski definition) is 2. The molecule has 2 atom stereocenters. The van der Waals surface area contributed by atoms with Crippen molar-refractivity contribution in [1.29, 1.82) is 0 Å². The molecule has 0 fully saturated rings. The lowest BCUT2D eigenvalue weighted by Crippen LogP contribution is -2.40. The van der Waals surface area contributed by atoms with E-state index in [4.69, 9.17) is 9.52 Å². The fourth-order valence-electron chi connectivity index (χ4n) is 1.38. The van der Waals surface area contributed by atoms with Gasteiger partial charge in [0.1, 0.15) is 5.76 Å². The second-order valence-corrected chi connectivity index (χ2v) is 5.59. The first-order valence-electron chi connectivity index (χ1n) is 5.44. The molecule has 0 radical (unpaired) electrons. The number of amides is 1. The van der Waals surface area contributed by atoms with Crippen molar-refractivity contribution >= 4 is 39.7 Å². The van der Waals surface area contributed by atoms with Gasteiger partial charge in [-0.05, 0) is 47.3 Å². The quantitative estimate of drug-likeness (QED) is 0.784. The molecule has 18 heavy (non-hydrogen) atoms. The standard InChI is InChI=1S/C12H16BrNO3S/c1-8(10(7-15)18-2)14-12(16)6-4-9-3-5-11(13)17-9/h3-6,8,10,15H,7H2,1-2H3,(H,14,16).